The molecule has 1 aromatic carbocycles. The Hall–Kier alpha value is -2.28. The second-order valence-corrected chi connectivity index (χ2v) is 5.62. The fraction of sp³-hybridized carbons (Fsp3) is 0.500. The van der Waals surface area contributed by atoms with Crippen LogP contribution in [0.4, 0.5) is 11.9 Å². The quantitative estimate of drug-likeness (QED) is 0.687. The lowest BCUT2D eigenvalue weighted by Gasteiger charge is -2.12. The number of rotatable bonds is 9. The molecule has 2 aromatic rings. The molecule has 3 N–H and O–H groups in total. The molecule has 0 fully saturated rings. The molecular formula is C16H26N6O. The minimum Gasteiger partial charge on any atom is -0.494 e. The van der Waals surface area contributed by atoms with Crippen LogP contribution in [0.25, 0.3) is 0 Å². The first-order chi connectivity index (χ1) is 11.1. The average molecular weight is 318 g/mol. The predicted molar refractivity (Wildman–Crippen MR) is 92.5 cm³/mol. The molecule has 1 heterocycles. The maximum atomic E-state index is 5.80. The molecule has 0 unspecified atom stereocenters. The number of aryl methyl sites for hydroxylation is 1. The van der Waals surface area contributed by atoms with Crippen LogP contribution < -0.4 is 15.8 Å². The third-order valence-electron chi connectivity index (χ3n) is 3.26. The van der Waals surface area contributed by atoms with E-state index in [1.165, 1.54) is 5.56 Å². The molecule has 0 saturated carbocycles. The van der Waals surface area contributed by atoms with Crippen LogP contribution in [0.2, 0.25) is 0 Å². The Morgan fingerprint density at radius 2 is 2.17 bits per heavy atom. The number of nitrogens with two attached hydrogens (primary N) is 1. The minimum absolute atomic E-state index is 0.295. The van der Waals surface area contributed by atoms with Gasteiger partial charge in [0.25, 0.3) is 0 Å². The van der Waals surface area contributed by atoms with E-state index in [4.69, 9.17) is 10.5 Å². The summed E-state index contributed by atoms with van der Waals surface area (Å²) in [6, 6.07) is 8.21. The Kier molecular flexibility index (Phi) is 6.22. The van der Waals surface area contributed by atoms with Gasteiger partial charge in [-0.15, -0.1) is 5.10 Å². The lowest BCUT2D eigenvalue weighted by molar-refractivity contribution is 0.313. The number of nitrogens with zero attached hydrogens (tertiary/aromatic N) is 4. The summed E-state index contributed by atoms with van der Waals surface area (Å²) in [5.74, 6) is 1.91. The summed E-state index contributed by atoms with van der Waals surface area (Å²) in [6.45, 7) is 5.06. The van der Waals surface area contributed by atoms with E-state index in [1.807, 2.05) is 19.1 Å². The summed E-state index contributed by atoms with van der Waals surface area (Å²) in [6.07, 6.45) is 0.869. The molecule has 0 saturated heterocycles. The van der Waals surface area contributed by atoms with E-state index < -0.39 is 0 Å². The largest absolute Gasteiger partial charge is 0.494 e. The second-order valence-electron chi connectivity index (χ2n) is 5.62. The zero-order valence-electron chi connectivity index (χ0n) is 14.1. The molecule has 0 radical (unpaired) electrons. The van der Waals surface area contributed by atoms with Gasteiger partial charge in [-0.05, 0) is 45.1 Å². The lowest BCUT2D eigenvalue weighted by Crippen LogP contribution is -2.12. The maximum absolute atomic E-state index is 5.80. The van der Waals surface area contributed by atoms with Crippen LogP contribution in [-0.2, 0) is 13.1 Å². The van der Waals surface area contributed by atoms with Gasteiger partial charge in [0.2, 0.25) is 11.9 Å². The highest BCUT2D eigenvalue weighted by atomic mass is 16.5. The van der Waals surface area contributed by atoms with Gasteiger partial charge in [0.05, 0.1) is 6.61 Å². The molecule has 0 spiro atoms. The molecule has 7 nitrogen and oxygen atoms in total. The van der Waals surface area contributed by atoms with E-state index in [2.05, 4.69) is 46.5 Å². The minimum atomic E-state index is 0.295. The van der Waals surface area contributed by atoms with E-state index in [9.17, 15) is 0 Å². The van der Waals surface area contributed by atoms with Crippen LogP contribution in [0.15, 0.2) is 24.3 Å². The highest BCUT2D eigenvalue weighted by Gasteiger charge is 2.05. The molecule has 2 rings (SSSR count). The van der Waals surface area contributed by atoms with Gasteiger partial charge < -0.3 is 20.7 Å². The summed E-state index contributed by atoms with van der Waals surface area (Å²) in [4.78, 5) is 6.29. The van der Waals surface area contributed by atoms with E-state index in [-0.39, 0.29) is 0 Å². The molecular weight excluding hydrogens is 292 g/mol. The number of ether oxygens (including phenoxy) is 1. The Morgan fingerprint density at radius 3 is 2.91 bits per heavy atom. The molecule has 0 aliphatic heterocycles. The monoisotopic (exact) mass is 318 g/mol. The fourth-order valence-electron chi connectivity index (χ4n) is 2.27. The van der Waals surface area contributed by atoms with Gasteiger partial charge >= 0.3 is 0 Å². The van der Waals surface area contributed by atoms with Crippen molar-refractivity contribution in [2.75, 3.05) is 38.3 Å². The summed E-state index contributed by atoms with van der Waals surface area (Å²) in [5.41, 5.74) is 6.85. The number of nitrogen functional groups attached to an aromatic ring is 1. The van der Waals surface area contributed by atoms with Gasteiger partial charge in [-0.3, -0.25) is 0 Å². The van der Waals surface area contributed by atoms with Gasteiger partial charge in [-0.25, -0.2) is 4.68 Å². The average Bonchev–Trinajstić information content (AvgIpc) is 2.86. The first-order valence-electron chi connectivity index (χ1n) is 7.89. The standard InChI is InChI=1S/C16H26N6O/c1-4-22-16(19-15(17)20-22)18-9-6-10-23-14-8-5-7-13(11-14)12-21(2)3/h5,7-8,11H,4,6,9-10,12H2,1-3H3,(H3,17,18,19,20). The molecule has 23 heavy (non-hydrogen) atoms. The summed E-state index contributed by atoms with van der Waals surface area (Å²) in [7, 11) is 4.11. The van der Waals surface area contributed by atoms with Crippen molar-refractivity contribution in [3.05, 3.63) is 29.8 Å². The van der Waals surface area contributed by atoms with Crippen molar-refractivity contribution in [2.45, 2.75) is 26.4 Å². The van der Waals surface area contributed by atoms with Gasteiger partial charge in [0.1, 0.15) is 5.75 Å². The maximum Gasteiger partial charge on any atom is 0.241 e. The fourth-order valence-corrected chi connectivity index (χ4v) is 2.27. The Bertz CT molecular complexity index is 610. The van der Waals surface area contributed by atoms with Crippen LogP contribution in [0.3, 0.4) is 0 Å². The summed E-state index contributed by atoms with van der Waals surface area (Å²) >= 11 is 0. The molecule has 0 atom stereocenters. The topological polar surface area (TPSA) is 81.2 Å². The van der Waals surface area contributed by atoms with Crippen molar-refractivity contribution >= 4 is 11.9 Å². The number of nitrogens with one attached hydrogen (secondary N) is 1. The number of anilines is 2. The van der Waals surface area contributed by atoms with Crippen molar-refractivity contribution in [1.82, 2.24) is 19.7 Å². The molecule has 126 valence electrons. The Morgan fingerprint density at radius 1 is 1.35 bits per heavy atom. The van der Waals surface area contributed by atoms with Gasteiger partial charge in [0, 0.05) is 19.6 Å². The van der Waals surface area contributed by atoms with Crippen LogP contribution in [-0.4, -0.2) is 46.9 Å². The Balaban J connectivity index is 1.73. The van der Waals surface area contributed by atoms with Gasteiger partial charge in [0.15, 0.2) is 0 Å². The van der Waals surface area contributed by atoms with Crippen LogP contribution >= 0.6 is 0 Å². The smallest absolute Gasteiger partial charge is 0.241 e. The Labute approximate surface area is 137 Å². The van der Waals surface area contributed by atoms with E-state index in [0.717, 1.165) is 31.8 Å². The highest BCUT2D eigenvalue weighted by Crippen LogP contribution is 2.14. The first-order valence-corrected chi connectivity index (χ1v) is 7.89. The molecule has 1 aromatic heterocycles. The number of aromatic nitrogens is 3. The highest BCUT2D eigenvalue weighted by molar-refractivity contribution is 5.31. The zero-order chi connectivity index (χ0) is 16.7. The van der Waals surface area contributed by atoms with E-state index in [0.29, 0.717) is 18.5 Å². The normalized spacial score (nSPS) is 11.0. The first kappa shape index (κ1) is 17.1. The molecule has 7 heteroatoms. The zero-order valence-corrected chi connectivity index (χ0v) is 14.1. The predicted octanol–water partition coefficient (Wildman–Crippen LogP) is 1.82. The van der Waals surface area contributed by atoms with E-state index >= 15 is 0 Å². The molecule has 0 amide bonds. The van der Waals surface area contributed by atoms with E-state index in [1.54, 1.807) is 4.68 Å². The second kappa shape index (κ2) is 8.38. The summed E-state index contributed by atoms with van der Waals surface area (Å²) in [5, 5.41) is 7.33. The van der Waals surface area contributed by atoms with Crippen molar-refractivity contribution < 1.29 is 4.74 Å². The van der Waals surface area contributed by atoms with Gasteiger partial charge in [-0.2, -0.15) is 4.98 Å². The number of hydrogen-bond acceptors (Lipinski definition) is 6. The third-order valence-corrected chi connectivity index (χ3v) is 3.26. The van der Waals surface area contributed by atoms with Gasteiger partial charge in [-0.1, -0.05) is 12.1 Å². The van der Waals surface area contributed by atoms with Crippen molar-refractivity contribution in [1.29, 1.82) is 0 Å². The molecule has 0 aliphatic carbocycles. The SMILES string of the molecule is CCn1nc(N)nc1NCCCOc1cccc(CN(C)C)c1. The van der Waals surface area contributed by atoms with Crippen molar-refractivity contribution in [3.63, 3.8) is 0 Å². The molecule has 0 aliphatic rings. The number of benzene rings is 1. The lowest BCUT2D eigenvalue weighted by atomic mass is 10.2. The molecule has 0 bridgehead atoms. The number of hydrogen-bond donors (Lipinski definition) is 2. The summed E-state index contributed by atoms with van der Waals surface area (Å²) < 4.78 is 7.55. The van der Waals surface area contributed by atoms with Crippen molar-refractivity contribution in [2.24, 2.45) is 0 Å². The van der Waals surface area contributed by atoms with Crippen molar-refractivity contribution in [3.8, 4) is 5.75 Å². The van der Waals surface area contributed by atoms with Crippen LogP contribution in [0, 0.1) is 0 Å². The van der Waals surface area contributed by atoms with Crippen LogP contribution in [0.5, 0.6) is 5.75 Å². The third kappa shape index (κ3) is 5.45. The van der Waals surface area contributed by atoms with Crippen LogP contribution in [0.1, 0.15) is 18.9 Å².